The first-order valence-electron chi connectivity index (χ1n) is 6.85. The molecule has 5 nitrogen and oxygen atoms in total. The number of hydrogen-bond acceptors (Lipinski definition) is 3. The maximum Gasteiger partial charge on any atom is 0.245 e. The van der Waals surface area contributed by atoms with Gasteiger partial charge in [0.05, 0.1) is 13.7 Å². The van der Waals surface area contributed by atoms with E-state index in [2.05, 4.69) is 5.32 Å². The Morgan fingerprint density at radius 3 is 2.80 bits per heavy atom. The van der Waals surface area contributed by atoms with E-state index in [0.29, 0.717) is 13.0 Å². The average Bonchev–Trinajstić information content (AvgIpc) is 2.44. The number of methoxy groups -OCH3 is 1. The zero-order chi connectivity index (χ0) is 14.5. The number of carbonyl (C=O) groups excluding carboxylic acids is 2. The summed E-state index contributed by atoms with van der Waals surface area (Å²) >= 11 is 0. The molecule has 0 bridgehead atoms. The number of benzene rings is 1. The van der Waals surface area contributed by atoms with Crippen LogP contribution in [0.2, 0.25) is 0 Å². The Balaban J connectivity index is 2.14. The van der Waals surface area contributed by atoms with Gasteiger partial charge >= 0.3 is 0 Å². The van der Waals surface area contributed by atoms with Crippen molar-refractivity contribution in [1.29, 1.82) is 0 Å². The van der Waals surface area contributed by atoms with Crippen LogP contribution in [0.3, 0.4) is 0 Å². The van der Waals surface area contributed by atoms with E-state index < -0.39 is 6.04 Å². The number of hydrogen-bond donors (Lipinski definition) is 1. The lowest BCUT2D eigenvalue weighted by Crippen LogP contribution is -2.57. The normalized spacial score (nSPS) is 18.9. The molecule has 1 atom stereocenters. The molecule has 2 rings (SSSR count). The minimum Gasteiger partial charge on any atom is -0.496 e. The molecule has 108 valence electrons. The lowest BCUT2D eigenvalue weighted by molar-refractivity contribution is -0.145. The van der Waals surface area contributed by atoms with Gasteiger partial charge in [-0.2, -0.15) is 0 Å². The third kappa shape index (κ3) is 3.10. The van der Waals surface area contributed by atoms with Gasteiger partial charge in [-0.15, -0.1) is 0 Å². The average molecular weight is 276 g/mol. The molecule has 0 radical (unpaired) electrons. The highest BCUT2D eigenvalue weighted by Gasteiger charge is 2.32. The van der Waals surface area contributed by atoms with Crippen LogP contribution in [-0.2, 0) is 16.1 Å². The van der Waals surface area contributed by atoms with E-state index in [1.54, 1.807) is 12.0 Å². The van der Waals surface area contributed by atoms with Gasteiger partial charge in [-0.25, -0.2) is 0 Å². The van der Waals surface area contributed by atoms with Gasteiger partial charge in [0.1, 0.15) is 11.8 Å². The van der Waals surface area contributed by atoms with Crippen molar-refractivity contribution in [3.8, 4) is 5.75 Å². The van der Waals surface area contributed by atoms with Crippen molar-refractivity contribution in [3.05, 3.63) is 29.8 Å². The molecule has 0 aliphatic carbocycles. The Kier molecular flexibility index (Phi) is 4.61. The summed E-state index contributed by atoms with van der Waals surface area (Å²) in [4.78, 5) is 25.6. The zero-order valence-electron chi connectivity index (χ0n) is 11.9. The van der Waals surface area contributed by atoms with Gasteiger partial charge in [-0.05, 0) is 12.5 Å². The molecule has 0 saturated carbocycles. The van der Waals surface area contributed by atoms with Crippen LogP contribution in [0.5, 0.6) is 5.75 Å². The predicted octanol–water partition coefficient (Wildman–Crippen LogP) is 1.32. The van der Waals surface area contributed by atoms with Crippen molar-refractivity contribution in [2.75, 3.05) is 13.7 Å². The van der Waals surface area contributed by atoms with Crippen molar-refractivity contribution in [2.45, 2.75) is 32.4 Å². The predicted molar refractivity (Wildman–Crippen MR) is 75.2 cm³/mol. The first kappa shape index (κ1) is 14.4. The molecule has 5 heteroatoms. The minimum absolute atomic E-state index is 0.0163. The first-order valence-corrected chi connectivity index (χ1v) is 6.85. The number of para-hydroxylation sites is 1. The highest BCUT2D eigenvalue weighted by molar-refractivity contribution is 5.94. The lowest BCUT2D eigenvalue weighted by atomic mass is 10.1. The molecule has 1 heterocycles. The number of amides is 2. The van der Waals surface area contributed by atoms with Gasteiger partial charge < -0.3 is 15.0 Å². The molecule has 20 heavy (non-hydrogen) atoms. The van der Waals surface area contributed by atoms with E-state index in [-0.39, 0.29) is 18.4 Å². The summed E-state index contributed by atoms with van der Waals surface area (Å²) in [5, 5.41) is 2.75. The second kappa shape index (κ2) is 6.41. The fraction of sp³-hybridized carbons (Fsp3) is 0.467. The molecule has 1 unspecified atom stereocenters. The topological polar surface area (TPSA) is 58.6 Å². The number of carbonyl (C=O) groups is 2. The van der Waals surface area contributed by atoms with Crippen molar-refractivity contribution in [2.24, 2.45) is 0 Å². The van der Waals surface area contributed by atoms with Crippen LogP contribution in [0, 0.1) is 0 Å². The molecule has 0 aromatic heterocycles. The van der Waals surface area contributed by atoms with Crippen molar-refractivity contribution in [1.82, 2.24) is 10.2 Å². The first-order chi connectivity index (χ1) is 9.65. The van der Waals surface area contributed by atoms with Crippen LogP contribution in [0.15, 0.2) is 24.3 Å². The third-order valence-electron chi connectivity index (χ3n) is 3.41. The van der Waals surface area contributed by atoms with E-state index >= 15 is 0 Å². The molecular formula is C15H20N2O3. The SMILES string of the molecule is CCCC1NC(=O)CN(Cc2ccccc2OC)C1=O. The summed E-state index contributed by atoms with van der Waals surface area (Å²) in [6.45, 7) is 2.51. The fourth-order valence-corrected chi connectivity index (χ4v) is 2.43. The zero-order valence-corrected chi connectivity index (χ0v) is 11.9. The maximum absolute atomic E-state index is 12.3. The second-order valence-electron chi connectivity index (χ2n) is 4.91. The van der Waals surface area contributed by atoms with E-state index in [9.17, 15) is 9.59 Å². The molecule has 1 aliphatic rings. The summed E-state index contributed by atoms with van der Waals surface area (Å²) in [5.41, 5.74) is 0.910. The molecule has 1 aromatic rings. The quantitative estimate of drug-likeness (QED) is 0.882. The molecular weight excluding hydrogens is 256 g/mol. The molecule has 1 aliphatic heterocycles. The third-order valence-corrected chi connectivity index (χ3v) is 3.41. The van der Waals surface area contributed by atoms with Crippen molar-refractivity contribution in [3.63, 3.8) is 0 Å². The van der Waals surface area contributed by atoms with E-state index in [1.807, 2.05) is 31.2 Å². The highest BCUT2D eigenvalue weighted by Crippen LogP contribution is 2.20. The Bertz CT molecular complexity index is 502. The van der Waals surface area contributed by atoms with Crippen molar-refractivity contribution < 1.29 is 14.3 Å². The smallest absolute Gasteiger partial charge is 0.245 e. The van der Waals surface area contributed by atoms with Crippen LogP contribution in [-0.4, -0.2) is 36.4 Å². The summed E-state index contributed by atoms with van der Waals surface area (Å²) in [6, 6.07) is 7.15. The van der Waals surface area contributed by atoms with Gasteiger partial charge in [0, 0.05) is 12.1 Å². The summed E-state index contributed by atoms with van der Waals surface area (Å²) in [6.07, 6.45) is 1.53. The van der Waals surface area contributed by atoms with Crippen LogP contribution >= 0.6 is 0 Å². The number of piperazine rings is 1. The van der Waals surface area contributed by atoms with Gasteiger partial charge in [-0.1, -0.05) is 31.5 Å². The van der Waals surface area contributed by atoms with Gasteiger partial charge in [0.15, 0.2) is 0 Å². The molecule has 1 saturated heterocycles. The molecule has 1 N–H and O–H groups in total. The monoisotopic (exact) mass is 276 g/mol. The summed E-state index contributed by atoms with van der Waals surface area (Å²) in [7, 11) is 1.60. The molecule has 2 amide bonds. The molecule has 1 fully saturated rings. The molecule has 1 aromatic carbocycles. The Hall–Kier alpha value is -2.04. The standard InChI is InChI=1S/C15H20N2O3/c1-3-6-12-15(19)17(10-14(18)16-12)9-11-7-4-5-8-13(11)20-2/h4-5,7-8,12H,3,6,9-10H2,1-2H3,(H,16,18). The Labute approximate surface area is 118 Å². The van der Waals surface area contributed by atoms with Gasteiger partial charge in [0.25, 0.3) is 0 Å². The number of ether oxygens (including phenoxy) is 1. The largest absolute Gasteiger partial charge is 0.496 e. The van der Waals surface area contributed by atoms with E-state index in [1.165, 1.54) is 0 Å². The van der Waals surface area contributed by atoms with Crippen LogP contribution in [0.25, 0.3) is 0 Å². The van der Waals surface area contributed by atoms with Crippen molar-refractivity contribution >= 4 is 11.8 Å². The summed E-state index contributed by atoms with van der Waals surface area (Å²) in [5.74, 6) is 0.619. The van der Waals surface area contributed by atoms with Crippen LogP contribution in [0.4, 0.5) is 0 Å². The Morgan fingerprint density at radius 1 is 1.35 bits per heavy atom. The Morgan fingerprint density at radius 2 is 2.10 bits per heavy atom. The molecule has 0 spiro atoms. The highest BCUT2D eigenvalue weighted by atomic mass is 16.5. The fourth-order valence-electron chi connectivity index (χ4n) is 2.43. The van der Waals surface area contributed by atoms with Crippen LogP contribution in [0.1, 0.15) is 25.3 Å². The van der Waals surface area contributed by atoms with Crippen LogP contribution < -0.4 is 10.1 Å². The summed E-state index contributed by atoms with van der Waals surface area (Å²) < 4.78 is 5.28. The number of nitrogens with one attached hydrogen (secondary N) is 1. The number of rotatable bonds is 5. The van der Waals surface area contributed by atoms with Gasteiger partial charge in [0.2, 0.25) is 11.8 Å². The van der Waals surface area contributed by atoms with Gasteiger partial charge in [-0.3, -0.25) is 9.59 Å². The van der Waals surface area contributed by atoms with E-state index in [0.717, 1.165) is 17.7 Å². The number of nitrogens with zero attached hydrogens (tertiary/aromatic N) is 1. The lowest BCUT2D eigenvalue weighted by Gasteiger charge is -2.32. The van der Waals surface area contributed by atoms with E-state index in [4.69, 9.17) is 4.74 Å². The second-order valence-corrected chi connectivity index (χ2v) is 4.91. The minimum atomic E-state index is -0.393. The maximum atomic E-state index is 12.3.